The fourth-order valence-corrected chi connectivity index (χ4v) is 7.50. The quantitative estimate of drug-likeness (QED) is 0.524. The normalized spacial score (nSPS) is 46.8. The average Bonchev–Trinajstić information content (AvgIpc) is 3.05. The number of allylic oxidation sites excluding steroid dienone is 4. The van der Waals surface area contributed by atoms with Gasteiger partial charge in [-0.3, -0.25) is 0 Å². The highest BCUT2D eigenvalue weighted by molar-refractivity contribution is 5.50. The van der Waals surface area contributed by atoms with Gasteiger partial charge in [0.25, 0.3) is 0 Å². The number of rotatable bonds is 4. The summed E-state index contributed by atoms with van der Waals surface area (Å²) >= 11 is 0. The second-order valence-corrected chi connectivity index (χ2v) is 12.1. The van der Waals surface area contributed by atoms with Crippen molar-refractivity contribution in [2.24, 2.45) is 40.4 Å². The Kier molecular flexibility index (Phi) is 5.89. The van der Waals surface area contributed by atoms with Crippen molar-refractivity contribution in [3.8, 4) is 0 Å². The molecule has 4 rings (SSSR count). The van der Waals surface area contributed by atoms with Gasteiger partial charge in [-0.2, -0.15) is 0 Å². The smallest absolute Gasteiger partial charge is 0.106 e. The molecule has 9 atom stereocenters. The van der Waals surface area contributed by atoms with Crippen LogP contribution in [0.25, 0.3) is 0 Å². The summed E-state index contributed by atoms with van der Waals surface area (Å²) in [5.74, 6) is 2.88. The molecular weight excluding hydrogens is 384 g/mol. The molecule has 2 saturated carbocycles. The zero-order chi connectivity index (χ0) is 22.8. The molecule has 0 spiro atoms. The molecule has 0 bridgehead atoms. The molecule has 0 radical (unpaired) electrons. The maximum absolute atomic E-state index is 11.5. The fourth-order valence-electron chi connectivity index (χ4n) is 7.50. The molecule has 31 heavy (non-hydrogen) atoms. The summed E-state index contributed by atoms with van der Waals surface area (Å²) in [4.78, 5) is 0. The molecule has 0 aliphatic heterocycles. The van der Waals surface area contributed by atoms with Gasteiger partial charge in [0.15, 0.2) is 0 Å². The first-order valence-corrected chi connectivity index (χ1v) is 12.6. The Morgan fingerprint density at radius 1 is 1.03 bits per heavy atom. The van der Waals surface area contributed by atoms with E-state index in [1.54, 1.807) is 0 Å². The summed E-state index contributed by atoms with van der Waals surface area (Å²) in [6.07, 6.45) is 12.9. The summed E-state index contributed by atoms with van der Waals surface area (Å²) in [7, 11) is 0. The van der Waals surface area contributed by atoms with Gasteiger partial charge >= 0.3 is 0 Å². The minimum Gasteiger partial charge on any atom is -0.393 e. The van der Waals surface area contributed by atoms with Crippen LogP contribution < -0.4 is 0 Å². The maximum Gasteiger partial charge on any atom is 0.106 e. The Labute approximate surface area is 189 Å². The number of hydrogen-bond donors (Lipinski definition) is 3. The molecule has 3 nitrogen and oxygen atoms in total. The van der Waals surface area contributed by atoms with Gasteiger partial charge in [-0.1, -0.05) is 59.8 Å². The highest BCUT2D eigenvalue weighted by atomic mass is 16.3. The number of aliphatic hydroxyl groups excluding tert-OH is 2. The zero-order valence-corrected chi connectivity index (χ0v) is 20.4. The topological polar surface area (TPSA) is 60.7 Å². The third kappa shape index (κ3) is 3.42. The van der Waals surface area contributed by atoms with Gasteiger partial charge in [0.05, 0.1) is 6.10 Å². The second-order valence-electron chi connectivity index (χ2n) is 12.1. The molecule has 0 aromatic heterocycles. The minimum absolute atomic E-state index is 0.194. The second kappa shape index (κ2) is 7.85. The van der Waals surface area contributed by atoms with E-state index in [4.69, 9.17) is 0 Å². The first-order valence-electron chi connectivity index (χ1n) is 12.6. The summed E-state index contributed by atoms with van der Waals surface area (Å²) < 4.78 is 0. The van der Waals surface area contributed by atoms with E-state index in [-0.39, 0.29) is 11.8 Å². The van der Waals surface area contributed by atoms with Gasteiger partial charge in [0.2, 0.25) is 0 Å². The van der Waals surface area contributed by atoms with Crippen LogP contribution in [-0.2, 0) is 0 Å². The molecule has 4 aliphatic carbocycles. The minimum atomic E-state index is -1.27. The van der Waals surface area contributed by atoms with E-state index in [9.17, 15) is 15.3 Å². The van der Waals surface area contributed by atoms with Crippen LogP contribution >= 0.6 is 0 Å². The van der Waals surface area contributed by atoms with Crippen molar-refractivity contribution in [3.05, 3.63) is 35.5 Å². The van der Waals surface area contributed by atoms with Crippen LogP contribution in [0.2, 0.25) is 0 Å². The van der Waals surface area contributed by atoms with E-state index in [1.165, 1.54) is 17.6 Å². The highest BCUT2D eigenvalue weighted by Crippen LogP contribution is 2.65. The molecule has 0 amide bonds. The van der Waals surface area contributed by atoms with E-state index in [1.807, 2.05) is 6.08 Å². The molecule has 0 aromatic carbocycles. The zero-order valence-electron chi connectivity index (χ0n) is 20.4. The number of fused-ring (bicyclic) bond motifs is 5. The standard InChI is InChI=1S/C28H44O3/c1-17(2)18(3)7-8-19(4)22-9-10-23-21-15-25(30)28(31)16-20(29)11-14-27(28,6)24(21)12-13-26(22,23)5/h7-8,12,15,17-20,22-23,25,29-31H,9-11,13-14,16H2,1-6H3/b8-7+/t18-,19+,20-,22+,23-,25-,26+,27+,28+/m0/s1. The van der Waals surface area contributed by atoms with Gasteiger partial charge in [-0.25, -0.2) is 0 Å². The van der Waals surface area contributed by atoms with Crippen molar-refractivity contribution < 1.29 is 15.3 Å². The predicted octanol–water partition coefficient (Wildman–Crippen LogP) is 5.42. The summed E-state index contributed by atoms with van der Waals surface area (Å²) in [5.41, 5.74) is 0.994. The Morgan fingerprint density at radius 2 is 1.74 bits per heavy atom. The lowest BCUT2D eigenvalue weighted by atomic mass is 9.49. The first kappa shape index (κ1) is 23.3. The lowest BCUT2D eigenvalue weighted by Crippen LogP contribution is -2.62. The van der Waals surface area contributed by atoms with E-state index in [0.717, 1.165) is 19.3 Å². The largest absolute Gasteiger partial charge is 0.393 e. The molecule has 3 heteroatoms. The molecule has 174 valence electrons. The van der Waals surface area contributed by atoms with Crippen molar-refractivity contribution in [3.63, 3.8) is 0 Å². The van der Waals surface area contributed by atoms with Crippen LogP contribution in [0.15, 0.2) is 35.5 Å². The van der Waals surface area contributed by atoms with Crippen LogP contribution in [0.3, 0.4) is 0 Å². The molecule has 2 fully saturated rings. The average molecular weight is 429 g/mol. The summed E-state index contributed by atoms with van der Waals surface area (Å²) in [6, 6.07) is 0. The van der Waals surface area contributed by atoms with Gasteiger partial charge < -0.3 is 15.3 Å². The Bertz CT molecular complexity index is 794. The lowest BCUT2D eigenvalue weighted by Gasteiger charge is -2.58. The molecule has 0 unspecified atom stereocenters. The Balaban J connectivity index is 1.65. The highest BCUT2D eigenvalue weighted by Gasteiger charge is 2.62. The van der Waals surface area contributed by atoms with Crippen LogP contribution in [0.5, 0.6) is 0 Å². The van der Waals surface area contributed by atoms with E-state index in [2.05, 4.69) is 59.8 Å². The van der Waals surface area contributed by atoms with Crippen molar-refractivity contribution in [1.82, 2.24) is 0 Å². The predicted molar refractivity (Wildman–Crippen MR) is 126 cm³/mol. The van der Waals surface area contributed by atoms with Crippen LogP contribution in [-0.4, -0.2) is 33.1 Å². The Hall–Kier alpha value is -0.900. The molecule has 0 saturated heterocycles. The van der Waals surface area contributed by atoms with Gasteiger partial charge in [-0.15, -0.1) is 0 Å². The van der Waals surface area contributed by atoms with Gasteiger partial charge in [-0.05, 0) is 84.3 Å². The third-order valence-electron chi connectivity index (χ3n) is 10.1. The number of hydrogen-bond acceptors (Lipinski definition) is 3. The van der Waals surface area contributed by atoms with Crippen molar-refractivity contribution in [2.75, 3.05) is 0 Å². The maximum atomic E-state index is 11.5. The van der Waals surface area contributed by atoms with E-state index >= 15 is 0 Å². The van der Waals surface area contributed by atoms with Crippen molar-refractivity contribution >= 4 is 0 Å². The van der Waals surface area contributed by atoms with E-state index in [0.29, 0.717) is 36.0 Å². The third-order valence-corrected chi connectivity index (χ3v) is 10.1. The number of aliphatic hydroxyl groups is 3. The van der Waals surface area contributed by atoms with Crippen LogP contribution in [0.1, 0.15) is 80.1 Å². The molecule has 3 N–H and O–H groups in total. The van der Waals surface area contributed by atoms with Crippen LogP contribution in [0, 0.1) is 40.4 Å². The molecule has 0 aromatic rings. The fraction of sp³-hybridized carbons (Fsp3) is 0.786. The molecular formula is C28H44O3. The monoisotopic (exact) mass is 428 g/mol. The SMILES string of the molecule is CC(C)[C@@H](C)/C=C/[C@@H](C)[C@H]1CC[C@H]2C3=C[C@H](O)[C@]4(O)C[C@@H](O)CC[C@]4(C)C3=CC[C@]12C. The lowest BCUT2D eigenvalue weighted by molar-refractivity contribution is -0.173. The first-order chi connectivity index (χ1) is 14.4. The molecule has 0 heterocycles. The molecule has 4 aliphatic rings. The van der Waals surface area contributed by atoms with Gasteiger partial charge in [0, 0.05) is 11.8 Å². The van der Waals surface area contributed by atoms with E-state index < -0.39 is 23.2 Å². The van der Waals surface area contributed by atoms with Crippen LogP contribution in [0.4, 0.5) is 0 Å². The summed E-state index contributed by atoms with van der Waals surface area (Å²) in [6.45, 7) is 13.8. The Morgan fingerprint density at radius 3 is 2.42 bits per heavy atom. The van der Waals surface area contributed by atoms with Crippen molar-refractivity contribution in [1.29, 1.82) is 0 Å². The van der Waals surface area contributed by atoms with Crippen molar-refractivity contribution in [2.45, 2.75) is 97.9 Å². The van der Waals surface area contributed by atoms with Gasteiger partial charge in [0.1, 0.15) is 11.7 Å². The summed E-state index contributed by atoms with van der Waals surface area (Å²) in [5, 5.41) is 32.9.